The minimum absolute atomic E-state index is 0.0310. The van der Waals surface area contributed by atoms with Gasteiger partial charge in [-0.15, -0.1) is 11.3 Å². The van der Waals surface area contributed by atoms with Crippen molar-refractivity contribution in [3.8, 4) is 0 Å². The lowest BCUT2D eigenvalue weighted by molar-refractivity contribution is -0.139. The molecule has 3 amide bonds. The molecular weight excluding hydrogens is 561 g/mol. The Kier molecular flexibility index (Phi) is 8.74. The number of carboxylic acid groups (broad SMARTS) is 1. The van der Waals surface area contributed by atoms with Crippen molar-refractivity contribution in [1.82, 2.24) is 15.5 Å². The molecule has 3 aromatic rings. The molecule has 1 aromatic heterocycles. The third kappa shape index (κ3) is 6.16. The quantitative estimate of drug-likeness (QED) is 0.350. The van der Waals surface area contributed by atoms with Crippen LogP contribution in [0, 0.1) is 6.92 Å². The van der Waals surface area contributed by atoms with Crippen molar-refractivity contribution in [3.63, 3.8) is 0 Å². The fourth-order valence-corrected chi connectivity index (χ4v) is 5.78. The number of aryl methyl sites for hydroxylation is 1. The third-order valence-corrected chi connectivity index (χ3v) is 8.05. The number of nitrogens with zero attached hydrogens (tertiary/aromatic N) is 1. The molecule has 1 atom stereocenters. The number of rotatable bonds is 8. The Bertz CT molecular complexity index is 1470. The van der Waals surface area contributed by atoms with Crippen molar-refractivity contribution in [2.45, 2.75) is 25.9 Å². The van der Waals surface area contributed by atoms with E-state index in [1.165, 1.54) is 11.3 Å². The first-order valence-corrected chi connectivity index (χ1v) is 13.6. The molecule has 2 aromatic carbocycles. The van der Waals surface area contributed by atoms with Gasteiger partial charge in [-0.2, -0.15) is 0 Å². The Labute approximate surface area is 239 Å². The van der Waals surface area contributed by atoms with E-state index in [9.17, 15) is 24.3 Å². The zero-order valence-electron chi connectivity index (χ0n) is 20.9. The highest BCUT2D eigenvalue weighted by Gasteiger charge is 2.30. The molecule has 2 heterocycles. The van der Waals surface area contributed by atoms with Crippen LogP contribution in [-0.2, 0) is 17.8 Å². The first-order chi connectivity index (χ1) is 18.6. The number of benzene rings is 2. The van der Waals surface area contributed by atoms with E-state index in [0.29, 0.717) is 34.5 Å². The van der Waals surface area contributed by atoms with Crippen LogP contribution in [0.2, 0.25) is 10.0 Å². The largest absolute Gasteiger partial charge is 0.480 e. The van der Waals surface area contributed by atoms with Gasteiger partial charge >= 0.3 is 5.97 Å². The number of nitrogens with one attached hydrogen (secondary N) is 2. The summed E-state index contributed by atoms with van der Waals surface area (Å²) in [6.07, 6.45) is 2.12. The molecule has 0 radical (unpaired) electrons. The van der Waals surface area contributed by atoms with Gasteiger partial charge in [-0.25, -0.2) is 4.79 Å². The van der Waals surface area contributed by atoms with Crippen LogP contribution in [0.15, 0.2) is 48.4 Å². The number of carbonyl (C=O) groups is 4. The second-order valence-corrected chi connectivity index (χ2v) is 10.7. The zero-order valence-corrected chi connectivity index (χ0v) is 23.3. The number of amides is 3. The Balaban J connectivity index is 1.49. The summed E-state index contributed by atoms with van der Waals surface area (Å²) in [7, 11) is 0. The molecule has 8 nitrogen and oxygen atoms in total. The summed E-state index contributed by atoms with van der Waals surface area (Å²) in [5, 5.41) is 16.4. The van der Waals surface area contributed by atoms with Crippen LogP contribution >= 0.6 is 34.5 Å². The van der Waals surface area contributed by atoms with E-state index >= 15 is 0 Å². The van der Waals surface area contributed by atoms with Crippen LogP contribution in [0.5, 0.6) is 0 Å². The van der Waals surface area contributed by atoms with Crippen LogP contribution in [0.4, 0.5) is 0 Å². The molecular formula is C28H25Cl2N3O5S. The van der Waals surface area contributed by atoms with E-state index in [-0.39, 0.29) is 34.6 Å². The lowest BCUT2D eigenvalue weighted by Crippen LogP contribution is -2.48. The molecule has 0 saturated carbocycles. The van der Waals surface area contributed by atoms with E-state index in [4.69, 9.17) is 23.2 Å². The third-order valence-electron chi connectivity index (χ3n) is 6.47. The molecule has 0 saturated heterocycles. The highest BCUT2D eigenvalue weighted by Crippen LogP contribution is 2.35. The summed E-state index contributed by atoms with van der Waals surface area (Å²) < 4.78 is 0. The van der Waals surface area contributed by atoms with Gasteiger partial charge in [0.15, 0.2) is 0 Å². The van der Waals surface area contributed by atoms with Crippen LogP contribution in [0.25, 0.3) is 6.08 Å². The summed E-state index contributed by atoms with van der Waals surface area (Å²) in [5.74, 6) is -2.68. The number of halogens is 2. The van der Waals surface area contributed by atoms with Crippen molar-refractivity contribution in [2.24, 2.45) is 0 Å². The topological polar surface area (TPSA) is 116 Å². The van der Waals surface area contributed by atoms with E-state index in [1.807, 2.05) is 19.1 Å². The highest BCUT2D eigenvalue weighted by molar-refractivity contribution is 7.12. The van der Waals surface area contributed by atoms with Crippen molar-refractivity contribution in [1.29, 1.82) is 0 Å². The van der Waals surface area contributed by atoms with Crippen LogP contribution < -0.4 is 10.6 Å². The van der Waals surface area contributed by atoms with Crippen molar-refractivity contribution in [2.75, 3.05) is 13.1 Å². The monoisotopic (exact) mass is 585 g/mol. The van der Waals surface area contributed by atoms with Crippen LogP contribution in [0.1, 0.15) is 52.6 Å². The van der Waals surface area contributed by atoms with Gasteiger partial charge in [0.05, 0.1) is 20.5 Å². The lowest BCUT2D eigenvalue weighted by Gasteiger charge is -2.30. The molecule has 0 aliphatic carbocycles. The van der Waals surface area contributed by atoms with Crippen LogP contribution in [0.3, 0.4) is 0 Å². The van der Waals surface area contributed by atoms with Gasteiger partial charge in [0.2, 0.25) is 0 Å². The molecule has 1 aliphatic rings. The Morgan fingerprint density at radius 3 is 2.59 bits per heavy atom. The maximum absolute atomic E-state index is 13.2. The molecule has 0 bridgehead atoms. The summed E-state index contributed by atoms with van der Waals surface area (Å²) in [6, 6.07) is 8.92. The number of fused-ring (bicyclic) bond motifs is 1. The number of hydrogen-bond acceptors (Lipinski definition) is 5. The molecule has 0 spiro atoms. The van der Waals surface area contributed by atoms with Gasteiger partial charge in [-0.05, 0) is 65.2 Å². The van der Waals surface area contributed by atoms with Crippen LogP contribution in [-0.4, -0.2) is 52.8 Å². The predicted octanol–water partition coefficient (Wildman–Crippen LogP) is 4.82. The maximum Gasteiger partial charge on any atom is 0.328 e. The first-order valence-electron chi connectivity index (χ1n) is 12.0. The fraction of sp³-hybridized carbons (Fsp3) is 0.214. The van der Waals surface area contributed by atoms with E-state index in [0.717, 1.165) is 11.1 Å². The van der Waals surface area contributed by atoms with Gasteiger partial charge in [-0.1, -0.05) is 48.0 Å². The Morgan fingerprint density at radius 2 is 1.95 bits per heavy atom. The Morgan fingerprint density at radius 1 is 1.18 bits per heavy atom. The predicted molar refractivity (Wildman–Crippen MR) is 152 cm³/mol. The molecule has 39 heavy (non-hydrogen) atoms. The number of hydrogen-bond donors (Lipinski definition) is 3. The average Bonchev–Trinajstić information content (AvgIpc) is 3.45. The zero-order chi connectivity index (χ0) is 28.3. The average molecular weight is 586 g/mol. The second-order valence-electron chi connectivity index (χ2n) is 8.99. The summed E-state index contributed by atoms with van der Waals surface area (Å²) in [4.78, 5) is 52.3. The molecule has 4 rings (SSSR count). The lowest BCUT2D eigenvalue weighted by atomic mass is 9.95. The second kappa shape index (κ2) is 12.0. The minimum atomic E-state index is -1.41. The van der Waals surface area contributed by atoms with Gasteiger partial charge in [-0.3, -0.25) is 14.4 Å². The summed E-state index contributed by atoms with van der Waals surface area (Å²) >= 11 is 14.3. The summed E-state index contributed by atoms with van der Waals surface area (Å²) in [6.45, 7) is 5.99. The molecule has 0 unspecified atom stereocenters. The number of carboxylic acids is 1. The molecule has 0 fully saturated rings. The molecule has 202 valence electrons. The minimum Gasteiger partial charge on any atom is -0.480 e. The van der Waals surface area contributed by atoms with E-state index in [1.54, 1.807) is 40.6 Å². The molecule has 11 heteroatoms. The fourth-order valence-electron chi connectivity index (χ4n) is 4.37. The van der Waals surface area contributed by atoms with Crippen molar-refractivity contribution >= 4 is 64.3 Å². The normalized spacial score (nSPS) is 13.3. The number of carbonyl (C=O) groups excluding carboxylic acids is 3. The Hall–Kier alpha value is -3.66. The van der Waals surface area contributed by atoms with Gasteiger partial charge in [0.25, 0.3) is 17.7 Å². The van der Waals surface area contributed by atoms with Gasteiger partial charge in [0, 0.05) is 25.2 Å². The first kappa shape index (κ1) is 28.4. The number of aliphatic carboxylic acids is 1. The van der Waals surface area contributed by atoms with Crippen molar-refractivity contribution in [3.05, 3.63) is 96.7 Å². The van der Waals surface area contributed by atoms with E-state index < -0.39 is 23.8 Å². The molecule has 3 N–H and O–H groups in total. The van der Waals surface area contributed by atoms with Gasteiger partial charge < -0.3 is 20.6 Å². The number of thiophene rings is 1. The standard InChI is InChI=1S/C28H25Cl2N3O5S/c1-3-16-6-7-17(11-15(16)2)27(36)33-9-8-19-18(14-33)12-20(29)23(24(19)30)26(35)32-21(28(37)38)13-31-25(34)22-5-4-10-39-22/h3-7,10-12,21H,1,8-9,13-14H2,2H3,(H,31,34)(H,32,35)(H,37,38)/t21-/m0/s1. The van der Waals surface area contributed by atoms with Gasteiger partial charge in [0.1, 0.15) is 6.04 Å². The maximum atomic E-state index is 13.2. The molecule has 1 aliphatic heterocycles. The summed E-state index contributed by atoms with van der Waals surface area (Å²) in [5.41, 5.74) is 3.78. The SMILES string of the molecule is C=Cc1ccc(C(=O)N2CCc3c(cc(Cl)c(C(=O)N[C@@H](CNC(=O)c4cccs4)C(=O)O)c3Cl)C2)cc1C. The highest BCUT2D eigenvalue weighted by atomic mass is 35.5. The van der Waals surface area contributed by atoms with Crippen molar-refractivity contribution < 1.29 is 24.3 Å². The smallest absolute Gasteiger partial charge is 0.328 e. The van der Waals surface area contributed by atoms with E-state index in [2.05, 4.69) is 17.2 Å².